The highest BCUT2D eigenvalue weighted by Crippen LogP contribution is 2.36. The van der Waals surface area contributed by atoms with E-state index in [1.54, 1.807) is 25.3 Å². The molecule has 0 aliphatic carbocycles. The van der Waals surface area contributed by atoms with Crippen LogP contribution in [0.5, 0.6) is 0 Å². The Morgan fingerprint density at radius 1 is 1.27 bits per heavy atom. The highest BCUT2D eigenvalue weighted by atomic mass is 32.2. The molecular weight excluding hydrogens is 374 g/mol. The van der Waals surface area contributed by atoms with E-state index in [1.807, 2.05) is 0 Å². The number of aliphatic hydroxyl groups is 1. The molecule has 6 nitrogen and oxygen atoms in total. The number of anilines is 1. The largest absolute Gasteiger partial charge is 0.380 e. The summed E-state index contributed by atoms with van der Waals surface area (Å²) in [6, 6.07) is 5.97. The number of sulfone groups is 1. The molecule has 0 unspecified atom stereocenters. The van der Waals surface area contributed by atoms with Crippen LogP contribution < -0.4 is 5.32 Å². The number of carbonyl (C=O) groups excluding carboxylic acids is 2. The van der Waals surface area contributed by atoms with Gasteiger partial charge in [-0.15, -0.1) is 11.3 Å². The van der Waals surface area contributed by atoms with Gasteiger partial charge >= 0.3 is 0 Å². The van der Waals surface area contributed by atoms with Gasteiger partial charge in [-0.2, -0.15) is 0 Å². The number of fused-ring (bicyclic) bond motifs is 2. The van der Waals surface area contributed by atoms with E-state index < -0.39 is 27.1 Å². The van der Waals surface area contributed by atoms with Gasteiger partial charge in [0.2, 0.25) is 5.78 Å². The van der Waals surface area contributed by atoms with Gasteiger partial charge in [-0.3, -0.25) is 9.59 Å². The molecule has 3 rings (SSSR count). The van der Waals surface area contributed by atoms with E-state index in [9.17, 15) is 23.1 Å². The topological polar surface area (TPSA) is 101 Å². The van der Waals surface area contributed by atoms with Crippen LogP contribution in [-0.2, 0) is 20.4 Å². The Hall–Kier alpha value is -2.03. The molecule has 2 aromatic rings. The number of hydrogen-bond donors (Lipinski definition) is 2. The number of amides is 1. The number of rotatable bonds is 4. The molecule has 1 aliphatic rings. The predicted octanol–water partition coefficient (Wildman–Crippen LogP) is 2.76. The predicted molar refractivity (Wildman–Crippen MR) is 99.2 cm³/mol. The summed E-state index contributed by atoms with van der Waals surface area (Å²) in [5.41, 5.74) is -1.06. The lowest BCUT2D eigenvalue weighted by molar-refractivity contribution is -0.134. The maximum absolute atomic E-state index is 13.0. The molecule has 0 saturated heterocycles. The molecule has 0 bridgehead atoms. The first-order valence-corrected chi connectivity index (χ1v) is 10.8. The SMILES string of the molecule is CCC(O)(CC)C(=O)Nc1cccc2c1C(=O)c1sccc1CS2(=O)=O. The normalized spacial score (nSPS) is 15.7. The Morgan fingerprint density at radius 3 is 2.62 bits per heavy atom. The summed E-state index contributed by atoms with van der Waals surface area (Å²) in [5.74, 6) is -1.34. The summed E-state index contributed by atoms with van der Waals surface area (Å²) in [4.78, 5) is 25.8. The molecule has 1 amide bonds. The van der Waals surface area contributed by atoms with Crippen molar-refractivity contribution in [3.8, 4) is 0 Å². The van der Waals surface area contributed by atoms with E-state index in [-0.39, 0.29) is 34.7 Å². The van der Waals surface area contributed by atoms with E-state index in [0.29, 0.717) is 10.4 Å². The molecule has 1 aliphatic heterocycles. The van der Waals surface area contributed by atoms with Crippen LogP contribution >= 0.6 is 11.3 Å². The second-order valence-corrected chi connectivity index (χ2v) is 9.11. The van der Waals surface area contributed by atoms with Crippen LogP contribution in [0.4, 0.5) is 5.69 Å². The van der Waals surface area contributed by atoms with Crippen molar-refractivity contribution in [2.24, 2.45) is 0 Å². The van der Waals surface area contributed by atoms with Gasteiger partial charge < -0.3 is 10.4 Å². The van der Waals surface area contributed by atoms with Crippen LogP contribution in [0, 0.1) is 0 Å². The fourth-order valence-corrected chi connectivity index (χ4v) is 5.55. The monoisotopic (exact) mass is 393 g/mol. The zero-order valence-corrected chi connectivity index (χ0v) is 16.0. The van der Waals surface area contributed by atoms with Crippen molar-refractivity contribution in [2.45, 2.75) is 42.9 Å². The van der Waals surface area contributed by atoms with E-state index in [0.717, 1.165) is 0 Å². The molecule has 138 valence electrons. The summed E-state index contributed by atoms with van der Waals surface area (Å²) in [6.45, 7) is 3.37. The van der Waals surface area contributed by atoms with Crippen LogP contribution in [0.1, 0.15) is 47.5 Å². The first kappa shape index (κ1) is 18.8. The minimum Gasteiger partial charge on any atom is -0.380 e. The second kappa shape index (κ2) is 6.61. The maximum Gasteiger partial charge on any atom is 0.256 e. The van der Waals surface area contributed by atoms with Crippen molar-refractivity contribution >= 4 is 38.6 Å². The molecule has 0 atom stereocenters. The van der Waals surface area contributed by atoms with Crippen LogP contribution in [0.25, 0.3) is 0 Å². The van der Waals surface area contributed by atoms with Gasteiger partial charge in [-0.25, -0.2) is 8.42 Å². The highest BCUT2D eigenvalue weighted by molar-refractivity contribution is 7.90. The van der Waals surface area contributed by atoms with Gasteiger partial charge in [0.05, 0.1) is 26.8 Å². The summed E-state index contributed by atoms with van der Waals surface area (Å²) < 4.78 is 25.5. The number of hydrogen-bond acceptors (Lipinski definition) is 6. The average Bonchev–Trinajstić information content (AvgIpc) is 3.04. The fourth-order valence-electron chi connectivity index (χ4n) is 2.98. The van der Waals surface area contributed by atoms with E-state index in [1.165, 1.54) is 29.5 Å². The molecule has 26 heavy (non-hydrogen) atoms. The van der Waals surface area contributed by atoms with Crippen LogP contribution in [0.2, 0.25) is 0 Å². The molecule has 1 aromatic heterocycles. The first-order chi connectivity index (χ1) is 12.2. The lowest BCUT2D eigenvalue weighted by Gasteiger charge is -2.24. The molecule has 8 heteroatoms. The summed E-state index contributed by atoms with van der Waals surface area (Å²) in [7, 11) is -3.73. The summed E-state index contributed by atoms with van der Waals surface area (Å²) in [6.07, 6.45) is 0.400. The standard InChI is InChI=1S/C18H19NO5S2/c1-3-18(22,4-2)17(21)19-12-6-5-7-13-14(12)15(20)16-11(8-9-25-16)10-26(13,23)24/h5-9,22H,3-4,10H2,1-2H3,(H,19,21). The minimum atomic E-state index is -3.73. The summed E-state index contributed by atoms with van der Waals surface area (Å²) >= 11 is 1.18. The quantitative estimate of drug-likeness (QED) is 0.832. The van der Waals surface area contributed by atoms with Gasteiger partial charge in [0, 0.05) is 0 Å². The molecule has 0 fully saturated rings. The van der Waals surface area contributed by atoms with Crippen LogP contribution in [0.3, 0.4) is 0 Å². The third kappa shape index (κ3) is 2.98. The zero-order chi connectivity index (χ0) is 19.1. The second-order valence-electron chi connectivity index (χ2n) is 6.23. The zero-order valence-electron chi connectivity index (χ0n) is 14.4. The molecule has 1 aromatic carbocycles. The number of thiophene rings is 1. The third-order valence-corrected chi connectivity index (χ3v) is 7.38. The van der Waals surface area contributed by atoms with Crippen LogP contribution in [0.15, 0.2) is 34.5 Å². The molecule has 2 heterocycles. The van der Waals surface area contributed by atoms with Crippen molar-refractivity contribution in [1.82, 2.24) is 0 Å². The molecule has 2 N–H and O–H groups in total. The van der Waals surface area contributed by atoms with Gasteiger partial charge in [-0.05, 0) is 42.0 Å². The Kier molecular flexibility index (Phi) is 4.76. The molecule has 0 spiro atoms. The van der Waals surface area contributed by atoms with Crippen molar-refractivity contribution < 1.29 is 23.1 Å². The number of carbonyl (C=O) groups is 2. The molecule has 0 saturated carbocycles. The van der Waals surface area contributed by atoms with Crippen molar-refractivity contribution in [2.75, 3.05) is 5.32 Å². The van der Waals surface area contributed by atoms with Gasteiger partial charge in [0.1, 0.15) is 5.60 Å². The number of benzene rings is 1. The van der Waals surface area contributed by atoms with Gasteiger partial charge in [-0.1, -0.05) is 19.9 Å². The van der Waals surface area contributed by atoms with Crippen LogP contribution in [-0.4, -0.2) is 30.8 Å². The maximum atomic E-state index is 13.0. The third-order valence-electron chi connectivity index (χ3n) is 4.73. The Balaban J connectivity index is 2.16. The minimum absolute atomic E-state index is 0.0448. The summed E-state index contributed by atoms with van der Waals surface area (Å²) in [5, 5.41) is 14.6. The smallest absolute Gasteiger partial charge is 0.256 e. The van der Waals surface area contributed by atoms with Crippen molar-refractivity contribution in [3.05, 3.63) is 45.6 Å². The van der Waals surface area contributed by atoms with E-state index in [2.05, 4.69) is 5.32 Å². The Bertz CT molecular complexity index is 987. The van der Waals surface area contributed by atoms with E-state index >= 15 is 0 Å². The lowest BCUT2D eigenvalue weighted by atomic mass is 9.96. The van der Waals surface area contributed by atoms with Gasteiger partial charge in [0.15, 0.2) is 9.84 Å². The Labute approximate surface area is 155 Å². The molecule has 0 radical (unpaired) electrons. The number of ketones is 1. The Morgan fingerprint density at radius 2 is 1.96 bits per heavy atom. The fraction of sp³-hybridized carbons (Fsp3) is 0.333. The van der Waals surface area contributed by atoms with E-state index in [4.69, 9.17) is 0 Å². The molecular formula is C18H19NO5S2. The highest BCUT2D eigenvalue weighted by Gasteiger charge is 2.36. The van der Waals surface area contributed by atoms with Gasteiger partial charge in [0.25, 0.3) is 5.91 Å². The average molecular weight is 393 g/mol. The lowest BCUT2D eigenvalue weighted by Crippen LogP contribution is -2.42. The first-order valence-electron chi connectivity index (χ1n) is 8.24. The number of nitrogens with one attached hydrogen (secondary N) is 1. The van der Waals surface area contributed by atoms with Crippen molar-refractivity contribution in [3.63, 3.8) is 0 Å². The van der Waals surface area contributed by atoms with Crippen molar-refractivity contribution in [1.29, 1.82) is 0 Å².